The molecule has 1 heterocycles. The van der Waals surface area contributed by atoms with Gasteiger partial charge in [-0.05, 0) is 73.5 Å². The van der Waals surface area contributed by atoms with Crippen LogP contribution in [0.15, 0.2) is 78.9 Å². The van der Waals surface area contributed by atoms with Crippen molar-refractivity contribution in [3.63, 3.8) is 0 Å². The van der Waals surface area contributed by atoms with Gasteiger partial charge in [-0.1, -0.05) is 18.2 Å². The van der Waals surface area contributed by atoms with Crippen molar-refractivity contribution in [1.29, 1.82) is 0 Å². The molecule has 0 atom stereocenters. The van der Waals surface area contributed by atoms with E-state index in [4.69, 9.17) is 9.47 Å². The van der Waals surface area contributed by atoms with Crippen LogP contribution in [0, 0.1) is 11.7 Å². The fourth-order valence-electron chi connectivity index (χ4n) is 3.84. The number of ether oxygens (including phenoxy) is 2. The zero-order valence-corrected chi connectivity index (χ0v) is 18.6. The molecule has 0 bridgehead atoms. The number of halogens is 1. The quantitative estimate of drug-likeness (QED) is 0.368. The van der Waals surface area contributed by atoms with Crippen molar-refractivity contribution >= 4 is 28.6 Å². The van der Waals surface area contributed by atoms with Gasteiger partial charge in [0.2, 0.25) is 5.91 Å². The Hall–Kier alpha value is -4.13. The van der Waals surface area contributed by atoms with Gasteiger partial charge < -0.3 is 14.4 Å². The number of carbonyl (C=O) groups excluding carboxylic acids is 2. The first-order chi connectivity index (χ1) is 16.5. The molecule has 0 unspecified atom stereocenters. The summed E-state index contributed by atoms with van der Waals surface area (Å²) in [6.45, 7) is 0.0659. The minimum absolute atomic E-state index is 0.0659. The van der Waals surface area contributed by atoms with Crippen molar-refractivity contribution < 1.29 is 23.5 Å². The van der Waals surface area contributed by atoms with Gasteiger partial charge in [-0.15, -0.1) is 0 Å². The fraction of sp³-hybridized carbons (Fsp3) is 0.185. The first-order valence-corrected chi connectivity index (χ1v) is 11.1. The molecule has 0 radical (unpaired) electrons. The lowest BCUT2D eigenvalue weighted by atomic mass is 10.2. The van der Waals surface area contributed by atoms with Gasteiger partial charge in [-0.25, -0.2) is 13.8 Å². The predicted octanol–water partition coefficient (Wildman–Crippen LogP) is 5.78. The second kappa shape index (κ2) is 9.02. The monoisotopic (exact) mass is 458 g/mol. The van der Waals surface area contributed by atoms with Gasteiger partial charge in [0.25, 0.3) is 0 Å². The molecule has 1 fully saturated rings. The lowest BCUT2D eigenvalue weighted by molar-refractivity contribution is -0.119. The van der Waals surface area contributed by atoms with Crippen LogP contribution >= 0.6 is 0 Å². The van der Waals surface area contributed by atoms with Gasteiger partial charge in [-0.2, -0.15) is 0 Å². The van der Waals surface area contributed by atoms with E-state index >= 15 is 0 Å². The van der Waals surface area contributed by atoms with E-state index in [1.165, 1.54) is 16.7 Å². The highest BCUT2D eigenvalue weighted by Gasteiger charge is 2.32. The van der Waals surface area contributed by atoms with E-state index in [0.717, 1.165) is 18.5 Å². The lowest BCUT2D eigenvalue weighted by Crippen LogP contribution is -2.27. The topological polar surface area (TPSA) is 60.8 Å². The molecule has 5 rings (SSSR count). The fourth-order valence-corrected chi connectivity index (χ4v) is 3.84. The van der Waals surface area contributed by atoms with E-state index in [1.807, 2.05) is 18.2 Å². The Balaban J connectivity index is 1.36. The highest BCUT2D eigenvalue weighted by atomic mass is 19.1. The normalized spacial score (nSPS) is 13.0. The third-order valence-corrected chi connectivity index (χ3v) is 5.84. The number of benzene rings is 3. The number of nitrogens with zero attached hydrogens (tertiary/aromatic N) is 2. The van der Waals surface area contributed by atoms with Gasteiger partial charge in [-0.3, -0.25) is 4.79 Å². The molecule has 6 nitrogen and oxygen atoms in total. The molecule has 0 N–H and O–H groups in total. The first kappa shape index (κ1) is 21.7. The Bertz CT molecular complexity index is 1340. The molecule has 1 amide bonds. The van der Waals surface area contributed by atoms with Crippen molar-refractivity contribution in [2.45, 2.75) is 19.4 Å². The van der Waals surface area contributed by atoms with Gasteiger partial charge in [0.05, 0.1) is 11.2 Å². The van der Waals surface area contributed by atoms with Crippen molar-refractivity contribution in [3.8, 4) is 11.5 Å². The summed E-state index contributed by atoms with van der Waals surface area (Å²) in [5.74, 6) is 0.784. The van der Waals surface area contributed by atoms with Crippen LogP contribution < -0.4 is 14.4 Å². The number of carbonyl (C=O) groups is 2. The zero-order chi connectivity index (χ0) is 23.7. The number of hydrogen-bond acceptors (Lipinski definition) is 4. The van der Waals surface area contributed by atoms with Crippen LogP contribution in [0.2, 0.25) is 0 Å². The molecular formula is C27H23FN2O4. The maximum atomic E-state index is 14.0. The third kappa shape index (κ3) is 4.50. The number of hydrogen-bond donors (Lipinski definition) is 0. The Labute approximate surface area is 196 Å². The summed E-state index contributed by atoms with van der Waals surface area (Å²) in [6, 6.07) is 21.9. The van der Waals surface area contributed by atoms with Crippen LogP contribution in [0.3, 0.4) is 0 Å². The van der Waals surface area contributed by atoms with Crippen molar-refractivity contribution in [3.05, 3.63) is 90.4 Å². The Morgan fingerprint density at radius 3 is 2.41 bits per heavy atom. The standard InChI is InChI=1S/C27H23FN2O4/c1-29(26(31)18-7-8-18)21-11-13-23(14-12-21)33-17-22-15-19-9-10-20(28)16-25(19)30(22)27(32)34-24-5-3-2-4-6-24/h2-6,9-16,18H,7-8,17H2,1H3. The molecule has 1 aliphatic rings. The number of aromatic nitrogens is 1. The van der Waals surface area contributed by atoms with Crippen LogP contribution in [0.25, 0.3) is 10.9 Å². The SMILES string of the molecule is CN(C(=O)C1CC1)c1ccc(OCc2cc3ccc(F)cc3n2C(=O)Oc2ccccc2)cc1. The molecule has 34 heavy (non-hydrogen) atoms. The molecule has 172 valence electrons. The molecule has 0 saturated heterocycles. The number of amides is 1. The van der Waals surface area contributed by atoms with Gasteiger partial charge in [0.15, 0.2) is 0 Å². The van der Waals surface area contributed by atoms with Crippen LogP contribution in [-0.4, -0.2) is 23.6 Å². The molecule has 7 heteroatoms. The molecule has 0 aliphatic heterocycles. The van der Waals surface area contributed by atoms with Crippen molar-refractivity contribution in [2.24, 2.45) is 5.92 Å². The second-order valence-electron chi connectivity index (χ2n) is 8.31. The van der Waals surface area contributed by atoms with Gasteiger partial charge in [0.1, 0.15) is 23.9 Å². The summed E-state index contributed by atoms with van der Waals surface area (Å²) in [5, 5.41) is 0.695. The van der Waals surface area contributed by atoms with E-state index in [1.54, 1.807) is 60.5 Å². The highest BCUT2D eigenvalue weighted by molar-refractivity contribution is 5.96. The van der Waals surface area contributed by atoms with E-state index in [-0.39, 0.29) is 18.4 Å². The zero-order valence-electron chi connectivity index (χ0n) is 18.6. The largest absolute Gasteiger partial charge is 0.487 e. The third-order valence-electron chi connectivity index (χ3n) is 5.84. The van der Waals surface area contributed by atoms with E-state index in [2.05, 4.69) is 0 Å². The van der Waals surface area contributed by atoms with Crippen LogP contribution in [0.4, 0.5) is 14.9 Å². The minimum Gasteiger partial charge on any atom is -0.487 e. The average Bonchev–Trinajstić information content (AvgIpc) is 3.64. The Kier molecular flexibility index (Phi) is 5.76. The Morgan fingerprint density at radius 1 is 0.971 bits per heavy atom. The van der Waals surface area contributed by atoms with Crippen molar-refractivity contribution in [1.82, 2.24) is 4.57 Å². The molecule has 4 aromatic rings. The lowest BCUT2D eigenvalue weighted by Gasteiger charge is -2.17. The maximum Gasteiger partial charge on any atom is 0.424 e. The predicted molar refractivity (Wildman–Crippen MR) is 127 cm³/mol. The van der Waals surface area contributed by atoms with Crippen LogP contribution in [0.5, 0.6) is 11.5 Å². The van der Waals surface area contributed by atoms with Crippen molar-refractivity contribution in [2.75, 3.05) is 11.9 Å². The van der Waals surface area contributed by atoms with E-state index in [9.17, 15) is 14.0 Å². The molecule has 1 aromatic heterocycles. The molecule has 1 aliphatic carbocycles. The molecule has 1 saturated carbocycles. The first-order valence-electron chi connectivity index (χ1n) is 11.1. The smallest absolute Gasteiger partial charge is 0.424 e. The average molecular weight is 458 g/mol. The minimum atomic E-state index is -0.652. The van der Waals surface area contributed by atoms with E-state index < -0.39 is 11.9 Å². The summed E-state index contributed by atoms with van der Waals surface area (Å²) in [4.78, 5) is 26.9. The van der Waals surface area contributed by atoms with Gasteiger partial charge in [0, 0.05) is 24.0 Å². The maximum absolute atomic E-state index is 14.0. The van der Waals surface area contributed by atoms with Crippen LogP contribution in [-0.2, 0) is 11.4 Å². The number of anilines is 1. The summed E-state index contributed by atoms with van der Waals surface area (Å²) in [5.41, 5.74) is 1.71. The van der Waals surface area contributed by atoms with E-state index in [0.29, 0.717) is 28.1 Å². The number of fused-ring (bicyclic) bond motifs is 1. The summed E-state index contributed by atoms with van der Waals surface area (Å²) in [7, 11) is 1.77. The molecule has 3 aromatic carbocycles. The Morgan fingerprint density at radius 2 is 1.71 bits per heavy atom. The summed E-state index contributed by atoms with van der Waals surface area (Å²) < 4.78 is 26.7. The van der Waals surface area contributed by atoms with Gasteiger partial charge >= 0.3 is 6.09 Å². The molecule has 0 spiro atoms. The number of para-hydroxylation sites is 1. The van der Waals surface area contributed by atoms with Crippen LogP contribution in [0.1, 0.15) is 18.5 Å². The molecular weight excluding hydrogens is 435 g/mol. The highest BCUT2D eigenvalue weighted by Crippen LogP contribution is 2.32. The summed E-state index contributed by atoms with van der Waals surface area (Å²) >= 11 is 0. The number of rotatable bonds is 6. The summed E-state index contributed by atoms with van der Waals surface area (Å²) in [6.07, 6.45) is 1.25. The second-order valence-corrected chi connectivity index (χ2v) is 8.31.